The quantitative estimate of drug-likeness (QED) is 0.625. The van der Waals surface area contributed by atoms with E-state index in [1.54, 1.807) is 24.3 Å². The van der Waals surface area contributed by atoms with Gasteiger partial charge in [-0.3, -0.25) is 4.79 Å². The van der Waals surface area contributed by atoms with Crippen molar-refractivity contribution in [1.29, 1.82) is 0 Å². The molecule has 0 radical (unpaired) electrons. The van der Waals surface area contributed by atoms with Gasteiger partial charge < -0.3 is 15.6 Å². The topological polar surface area (TPSA) is 129 Å². The molecular weight excluding hydrogens is 379 g/mol. The summed E-state index contributed by atoms with van der Waals surface area (Å²) in [4.78, 5) is 15.7. The SMILES string of the molecule is N[C@H](CC(=O)O)Cn1nnc(-c2ccc(Oc3ncc(Cl)cc3F)cc2)n1. The van der Waals surface area contributed by atoms with Crippen LogP contribution in [-0.2, 0) is 11.3 Å². The van der Waals surface area contributed by atoms with E-state index in [-0.39, 0.29) is 23.9 Å². The predicted octanol–water partition coefficient (Wildman–Crippen LogP) is 2.12. The molecule has 27 heavy (non-hydrogen) atoms. The van der Waals surface area contributed by atoms with Crippen LogP contribution in [0.15, 0.2) is 36.5 Å². The number of carboxylic acid groups (broad SMARTS) is 1. The van der Waals surface area contributed by atoms with E-state index in [9.17, 15) is 9.18 Å². The fraction of sp³-hybridized carbons (Fsp3) is 0.188. The van der Waals surface area contributed by atoms with Crippen LogP contribution in [0.4, 0.5) is 4.39 Å². The largest absolute Gasteiger partial charge is 0.481 e. The van der Waals surface area contributed by atoms with Crippen LogP contribution >= 0.6 is 11.6 Å². The van der Waals surface area contributed by atoms with Crippen molar-refractivity contribution in [3.63, 3.8) is 0 Å². The summed E-state index contributed by atoms with van der Waals surface area (Å²) < 4.78 is 19.1. The highest BCUT2D eigenvalue weighted by atomic mass is 35.5. The molecule has 0 unspecified atom stereocenters. The monoisotopic (exact) mass is 392 g/mol. The number of carbonyl (C=O) groups is 1. The van der Waals surface area contributed by atoms with Crippen molar-refractivity contribution >= 4 is 17.6 Å². The summed E-state index contributed by atoms with van der Waals surface area (Å²) in [6, 6.07) is 7.02. The third-order valence-electron chi connectivity index (χ3n) is 3.39. The smallest absolute Gasteiger partial charge is 0.304 e. The summed E-state index contributed by atoms with van der Waals surface area (Å²) >= 11 is 5.65. The number of carboxylic acids is 1. The highest BCUT2D eigenvalue weighted by Crippen LogP contribution is 2.25. The summed E-state index contributed by atoms with van der Waals surface area (Å²) in [7, 11) is 0. The molecular formula is C16H14ClFN6O3. The molecule has 3 N–H and O–H groups in total. The molecule has 0 bridgehead atoms. The van der Waals surface area contributed by atoms with Crippen LogP contribution in [0.3, 0.4) is 0 Å². The van der Waals surface area contributed by atoms with E-state index < -0.39 is 17.8 Å². The van der Waals surface area contributed by atoms with E-state index in [1.165, 1.54) is 11.0 Å². The standard InChI is InChI=1S/C16H14ClFN6O3/c17-10-5-13(18)16(20-7-10)27-12-3-1-9(2-4-12)15-21-23-24(22-15)8-11(19)6-14(25)26/h1-5,7,11H,6,8,19H2,(H,25,26)/t11-/m1/s1. The van der Waals surface area contributed by atoms with Crippen molar-refractivity contribution in [3.8, 4) is 23.0 Å². The first-order valence-electron chi connectivity index (χ1n) is 7.75. The van der Waals surface area contributed by atoms with Crippen LogP contribution in [0.25, 0.3) is 11.4 Å². The molecule has 0 aliphatic rings. The van der Waals surface area contributed by atoms with Gasteiger partial charge in [-0.25, -0.2) is 9.37 Å². The van der Waals surface area contributed by atoms with Crippen LogP contribution in [-0.4, -0.2) is 42.3 Å². The number of rotatable bonds is 7. The number of hydrogen-bond donors (Lipinski definition) is 2. The average Bonchev–Trinajstić information content (AvgIpc) is 3.05. The van der Waals surface area contributed by atoms with Gasteiger partial charge in [-0.2, -0.15) is 4.80 Å². The average molecular weight is 393 g/mol. The Bertz CT molecular complexity index is 950. The molecule has 0 fully saturated rings. The van der Waals surface area contributed by atoms with Crippen molar-refractivity contribution in [2.45, 2.75) is 19.0 Å². The second kappa shape index (κ2) is 8.06. The summed E-state index contributed by atoms with van der Waals surface area (Å²) in [5.74, 6) is -1.16. The third kappa shape index (κ3) is 4.96. The van der Waals surface area contributed by atoms with Gasteiger partial charge in [0.15, 0.2) is 5.82 Å². The highest BCUT2D eigenvalue weighted by Gasteiger charge is 2.13. The molecule has 0 saturated carbocycles. The first kappa shape index (κ1) is 18.7. The lowest BCUT2D eigenvalue weighted by molar-refractivity contribution is -0.137. The Morgan fingerprint density at radius 2 is 2.11 bits per heavy atom. The summed E-state index contributed by atoms with van der Waals surface area (Å²) in [6.07, 6.45) is 1.09. The molecule has 1 aromatic carbocycles. The number of halogens is 2. The van der Waals surface area contributed by atoms with Crippen LogP contribution in [0, 0.1) is 5.82 Å². The molecule has 0 amide bonds. The maximum Gasteiger partial charge on any atom is 0.304 e. The first-order chi connectivity index (χ1) is 12.9. The molecule has 3 aromatic rings. The van der Waals surface area contributed by atoms with E-state index in [2.05, 4.69) is 20.4 Å². The van der Waals surface area contributed by atoms with Crippen molar-refractivity contribution in [1.82, 2.24) is 25.2 Å². The molecule has 3 rings (SSSR count). The van der Waals surface area contributed by atoms with Gasteiger partial charge in [-0.1, -0.05) is 11.6 Å². The second-order valence-corrected chi connectivity index (χ2v) is 6.03. The summed E-state index contributed by atoms with van der Waals surface area (Å²) in [5.41, 5.74) is 6.34. The number of hydrogen-bond acceptors (Lipinski definition) is 7. The van der Waals surface area contributed by atoms with Gasteiger partial charge in [0.1, 0.15) is 5.75 Å². The lowest BCUT2D eigenvalue weighted by Gasteiger charge is -2.06. The van der Waals surface area contributed by atoms with Crippen molar-refractivity contribution in [2.24, 2.45) is 5.73 Å². The highest BCUT2D eigenvalue weighted by molar-refractivity contribution is 6.30. The molecule has 0 aliphatic carbocycles. The van der Waals surface area contributed by atoms with Crippen molar-refractivity contribution in [2.75, 3.05) is 0 Å². The van der Waals surface area contributed by atoms with E-state index >= 15 is 0 Å². The Labute approximate surface area is 157 Å². The summed E-state index contributed by atoms with van der Waals surface area (Å²) in [6.45, 7) is 0.127. The zero-order chi connectivity index (χ0) is 19.4. The van der Waals surface area contributed by atoms with E-state index in [4.69, 9.17) is 27.2 Å². The number of nitrogens with two attached hydrogens (primary N) is 1. The number of nitrogens with zero attached hydrogens (tertiary/aromatic N) is 5. The fourth-order valence-electron chi connectivity index (χ4n) is 2.20. The maximum atomic E-state index is 13.7. The Morgan fingerprint density at radius 3 is 2.78 bits per heavy atom. The normalized spacial score (nSPS) is 12.0. The molecule has 0 saturated heterocycles. The van der Waals surface area contributed by atoms with Gasteiger partial charge in [-0.15, -0.1) is 10.2 Å². The Balaban J connectivity index is 1.67. The lowest BCUT2D eigenvalue weighted by atomic mass is 10.2. The van der Waals surface area contributed by atoms with Gasteiger partial charge >= 0.3 is 5.97 Å². The van der Waals surface area contributed by atoms with E-state index in [0.717, 1.165) is 6.07 Å². The number of ether oxygens (including phenoxy) is 1. The van der Waals surface area contributed by atoms with Gasteiger partial charge in [0.2, 0.25) is 5.82 Å². The molecule has 1 atom stereocenters. The van der Waals surface area contributed by atoms with Gasteiger partial charge in [-0.05, 0) is 35.5 Å². The fourth-order valence-corrected chi connectivity index (χ4v) is 2.34. The molecule has 140 valence electrons. The number of aliphatic carboxylic acids is 1. The lowest BCUT2D eigenvalue weighted by Crippen LogP contribution is -2.30. The van der Waals surface area contributed by atoms with Crippen LogP contribution in [0.5, 0.6) is 11.6 Å². The zero-order valence-electron chi connectivity index (χ0n) is 13.8. The minimum Gasteiger partial charge on any atom is -0.481 e. The number of aromatic nitrogens is 5. The Morgan fingerprint density at radius 1 is 1.37 bits per heavy atom. The summed E-state index contributed by atoms with van der Waals surface area (Å²) in [5, 5.41) is 20.8. The van der Waals surface area contributed by atoms with Crippen molar-refractivity contribution < 1.29 is 19.0 Å². The van der Waals surface area contributed by atoms with Crippen molar-refractivity contribution in [3.05, 3.63) is 47.4 Å². The molecule has 2 aromatic heterocycles. The first-order valence-corrected chi connectivity index (χ1v) is 8.13. The molecule has 11 heteroatoms. The van der Waals surface area contributed by atoms with E-state index in [0.29, 0.717) is 17.1 Å². The predicted molar refractivity (Wildman–Crippen MR) is 92.8 cm³/mol. The Kier molecular flexibility index (Phi) is 5.57. The third-order valence-corrected chi connectivity index (χ3v) is 3.60. The van der Waals surface area contributed by atoms with Crippen LogP contribution in [0.1, 0.15) is 6.42 Å². The Hall–Kier alpha value is -3.11. The van der Waals surface area contributed by atoms with Crippen LogP contribution in [0.2, 0.25) is 5.02 Å². The zero-order valence-corrected chi connectivity index (χ0v) is 14.5. The molecule has 0 aliphatic heterocycles. The van der Waals surface area contributed by atoms with Gasteiger partial charge in [0, 0.05) is 17.8 Å². The number of pyridine rings is 1. The molecule has 9 nitrogen and oxygen atoms in total. The number of tetrazole rings is 1. The van der Waals surface area contributed by atoms with E-state index in [1.807, 2.05) is 0 Å². The number of benzene rings is 1. The molecule has 0 spiro atoms. The second-order valence-electron chi connectivity index (χ2n) is 5.59. The van der Waals surface area contributed by atoms with Crippen LogP contribution < -0.4 is 10.5 Å². The molecule has 2 heterocycles. The van der Waals surface area contributed by atoms with Gasteiger partial charge in [0.25, 0.3) is 5.88 Å². The van der Waals surface area contributed by atoms with Gasteiger partial charge in [0.05, 0.1) is 18.0 Å². The minimum absolute atomic E-state index is 0.127. The minimum atomic E-state index is -0.995. The maximum absolute atomic E-state index is 13.7.